The number of aliphatic carboxylic acids is 1. The van der Waals surface area contributed by atoms with Gasteiger partial charge in [-0.15, -0.1) is 11.8 Å². The number of nitrogens with zero attached hydrogens (tertiary/aromatic N) is 1. The number of hydrogen-bond donors (Lipinski definition) is 2. The van der Waals surface area contributed by atoms with E-state index in [1.807, 2.05) is 13.8 Å². The van der Waals surface area contributed by atoms with Crippen LogP contribution in [0.2, 0.25) is 0 Å². The quantitative estimate of drug-likeness (QED) is 0.795. The molecular formula is C13H22N2O3S. The topological polar surface area (TPSA) is 83.6 Å². The average molecular weight is 286 g/mol. The van der Waals surface area contributed by atoms with Crippen LogP contribution in [0.15, 0.2) is 0 Å². The number of hydrogen-bond acceptors (Lipinski definition) is 4. The average Bonchev–Trinajstić information content (AvgIpc) is 3.15. The number of carbonyl (C=O) groups is 2. The standard InChI is InChI=1S/C13H22N2O3S/c1-3-13(14,4-2)12(18)15-9(11(16)17)7-19-10(15)8-5-6-8/h8-10H,3-7,14H2,1-2H3,(H,16,17). The van der Waals surface area contributed by atoms with Crippen molar-refractivity contribution in [2.24, 2.45) is 11.7 Å². The van der Waals surface area contributed by atoms with E-state index in [4.69, 9.17) is 5.73 Å². The maximum Gasteiger partial charge on any atom is 0.327 e. The van der Waals surface area contributed by atoms with E-state index in [1.54, 1.807) is 16.7 Å². The minimum atomic E-state index is -0.925. The van der Waals surface area contributed by atoms with Crippen LogP contribution in [0.25, 0.3) is 0 Å². The normalized spacial score (nSPS) is 27.6. The van der Waals surface area contributed by atoms with Gasteiger partial charge < -0.3 is 15.7 Å². The lowest BCUT2D eigenvalue weighted by Gasteiger charge is -2.35. The predicted octanol–water partition coefficient (Wildman–Crippen LogP) is 1.27. The smallest absolute Gasteiger partial charge is 0.327 e. The van der Waals surface area contributed by atoms with Gasteiger partial charge in [-0.25, -0.2) is 4.79 Å². The van der Waals surface area contributed by atoms with Crippen molar-refractivity contribution in [2.75, 3.05) is 5.75 Å². The van der Waals surface area contributed by atoms with Crippen molar-refractivity contribution in [3.63, 3.8) is 0 Å². The molecule has 2 unspecified atom stereocenters. The highest BCUT2D eigenvalue weighted by Gasteiger charge is 2.51. The Kier molecular flexibility index (Phi) is 4.11. The van der Waals surface area contributed by atoms with Crippen molar-refractivity contribution in [2.45, 2.75) is 56.5 Å². The van der Waals surface area contributed by atoms with Crippen molar-refractivity contribution in [1.82, 2.24) is 4.90 Å². The van der Waals surface area contributed by atoms with Gasteiger partial charge in [0.2, 0.25) is 5.91 Å². The van der Waals surface area contributed by atoms with Gasteiger partial charge in [-0.2, -0.15) is 0 Å². The third-order valence-corrected chi connectivity index (χ3v) is 5.73. The Hall–Kier alpha value is -0.750. The third kappa shape index (κ3) is 2.60. The van der Waals surface area contributed by atoms with Crippen LogP contribution in [0.1, 0.15) is 39.5 Å². The minimum absolute atomic E-state index is 0.00891. The summed E-state index contributed by atoms with van der Waals surface area (Å²) < 4.78 is 0. The predicted molar refractivity (Wildman–Crippen MR) is 74.7 cm³/mol. The molecule has 19 heavy (non-hydrogen) atoms. The molecule has 0 spiro atoms. The van der Waals surface area contributed by atoms with Crippen LogP contribution < -0.4 is 5.73 Å². The number of amides is 1. The maximum absolute atomic E-state index is 12.7. The molecular weight excluding hydrogens is 264 g/mol. The molecule has 0 aromatic carbocycles. The van der Waals surface area contributed by atoms with E-state index in [0.717, 1.165) is 12.8 Å². The summed E-state index contributed by atoms with van der Waals surface area (Å²) in [6.07, 6.45) is 3.24. The van der Waals surface area contributed by atoms with Gasteiger partial charge in [0.05, 0.1) is 10.9 Å². The van der Waals surface area contributed by atoms with E-state index in [-0.39, 0.29) is 11.3 Å². The van der Waals surface area contributed by atoms with Gasteiger partial charge >= 0.3 is 5.97 Å². The van der Waals surface area contributed by atoms with Gasteiger partial charge in [0.1, 0.15) is 6.04 Å². The zero-order valence-corrected chi connectivity index (χ0v) is 12.3. The van der Waals surface area contributed by atoms with Crippen LogP contribution in [0.4, 0.5) is 0 Å². The van der Waals surface area contributed by atoms with Crippen LogP contribution in [0.5, 0.6) is 0 Å². The lowest BCUT2D eigenvalue weighted by Crippen LogP contribution is -2.59. The zero-order chi connectivity index (χ0) is 14.2. The van der Waals surface area contributed by atoms with Crippen LogP contribution in [-0.2, 0) is 9.59 Å². The third-order valence-electron chi connectivity index (χ3n) is 4.27. The summed E-state index contributed by atoms with van der Waals surface area (Å²) in [5, 5.41) is 9.32. The molecule has 2 fully saturated rings. The highest BCUT2D eigenvalue weighted by Crippen LogP contribution is 2.46. The Labute approximate surface area is 117 Å². The molecule has 6 heteroatoms. The molecule has 1 saturated heterocycles. The number of rotatable bonds is 5. The maximum atomic E-state index is 12.7. The number of carboxylic acid groups (broad SMARTS) is 1. The van der Waals surface area contributed by atoms with Crippen molar-refractivity contribution in [1.29, 1.82) is 0 Å². The van der Waals surface area contributed by atoms with E-state index in [0.29, 0.717) is 24.5 Å². The number of carbonyl (C=O) groups excluding carboxylic acids is 1. The molecule has 108 valence electrons. The number of carboxylic acids is 1. The molecule has 0 radical (unpaired) electrons. The first-order chi connectivity index (χ1) is 8.94. The first kappa shape index (κ1) is 14.7. The summed E-state index contributed by atoms with van der Waals surface area (Å²) in [4.78, 5) is 25.6. The van der Waals surface area contributed by atoms with Crippen molar-refractivity contribution >= 4 is 23.6 Å². The summed E-state index contributed by atoms with van der Waals surface area (Å²) in [6, 6.07) is -0.718. The highest BCUT2D eigenvalue weighted by molar-refractivity contribution is 8.00. The molecule has 0 aromatic heterocycles. The molecule has 0 bridgehead atoms. The summed E-state index contributed by atoms with van der Waals surface area (Å²) in [5.41, 5.74) is 5.25. The fraction of sp³-hybridized carbons (Fsp3) is 0.846. The van der Waals surface area contributed by atoms with Crippen molar-refractivity contribution in [3.8, 4) is 0 Å². The summed E-state index contributed by atoms with van der Waals surface area (Å²) in [6.45, 7) is 3.76. The lowest BCUT2D eigenvalue weighted by atomic mass is 9.91. The molecule has 1 amide bonds. The fourth-order valence-corrected chi connectivity index (χ4v) is 4.16. The fourth-order valence-electron chi connectivity index (χ4n) is 2.53. The molecule has 2 atom stereocenters. The van der Waals surface area contributed by atoms with Gasteiger partial charge in [-0.1, -0.05) is 13.8 Å². The first-order valence-electron chi connectivity index (χ1n) is 6.90. The van der Waals surface area contributed by atoms with Gasteiger partial charge in [0.15, 0.2) is 0 Å². The minimum Gasteiger partial charge on any atom is -0.480 e. The Morgan fingerprint density at radius 1 is 1.37 bits per heavy atom. The van der Waals surface area contributed by atoms with Gasteiger partial charge in [-0.05, 0) is 31.6 Å². The van der Waals surface area contributed by atoms with Gasteiger partial charge in [-0.3, -0.25) is 4.79 Å². The molecule has 2 aliphatic rings. The summed E-state index contributed by atoms with van der Waals surface area (Å²) >= 11 is 1.59. The Bertz CT molecular complexity index is 380. The van der Waals surface area contributed by atoms with Gasteiger partial charge in [0, 0.05) is 5.75 Å². The molecule has 1 saturated carbocycles. The molecule has 1 aliphatic heterocycles. The highest BCUT2D eigenvalue weighted by atomic mass is 32.2. The molecule has 1 heterocycles. The zero-order valence-electron chi connectivity index (χ0n) is 11.5. The monoisotopic (exact) mass is 286 g/mol. The second-order valence-corrected chi connectivity index (χ2v) is 6.64. The molecule has 2 rings (SSSR count). The molecule has 5 nitrogen and oxygen atoms in total. The Morgan fingerprint density at radius 3 is 2.37 bits per heavy atom. The number of nitrogens with two attached hydrogens (primary N) is 1. The van der Waals surface area contributed by atoms with E-state index in [9.17, 15) is 14.7 Å². The summed E-state index contributed by atoms with van der Waals surface area (Å²) in [7, 11) is 0. The Morgan fingerprint density at radius 2 is 1.95 bits per heavy atom. The van der Waals surface area contributed by atoms with E-state index in [1.165, 1.54) is 0 Å². The van der Waals surface area contributed by atoms with Crippen molar-refractivity contribution in [3.05, 3.63) is 0 Å². The number of thioether (sulfide) groups is 1. The van der Waals surface area contributed by atoms with Gasteiger partial charge in [0.25, 0.3) is 0 Å². The second kappa shape index (κ2) is 5.32. The first-order valence-corrected chi connectivity index (χ1v) is 7.95. The molecule has 1 aliphatic carbocycles. The van der Waals surface area contributed by atoms with Crippen LogP contribution >= 0.6 is 11.8 Å². The van der Waals surface area contributed by atoms with E-state index in [2.05, 4.69) is 0 Å². The van der Waals surface area contributed by atoms with E-state index >= 15 is 0 Å². The Balaban J connectivity index is 2.25. The summed E-state index contributed by atoms with van der Waals surface area (Å²) in [5.74, 6) is -0.173. The molecule has 3 N–H and O–H groups in total. The molecule has 0 aromatic rings. The van der Waals surface area contributed by atoms with Crippen molar-refractivity contribution < 1.29 is 14.7 Å². The van der Waals surface area contributed by atoms with Crippen LogP contribution in [0.3, 0.4) is 0 Å². The van der Waals surface area contributed by atoms with E-state index < -0.39 is 17.6 Å². The lowest BCUT2D eigenvalue weighted by molar-refractivity contribution is -0.152. The van der Waals surface area contributed by atoms with Crippen LogP contribution in [0, 0.1) is 5.92 Å². The second-order valence-electron chi connectivity index (χ2n) is 5.49. The largest absolute Gasteiger partial charge is 0.480 e. The SMILES string of the molecule is CCC(N)(CC)C(=O)N1C(C(=O)O)CSC1C1CC1. The van der Waals surface area contributed by atoms with Crippen LogP contribution in [-0.4, -0.2) is 44.6 Å².